The van der Waals surface area contributed by atoms with Gasteiger partial charge in [-0.25, -0.2) is 9.82 Å². The molecule has 25 heavy (non-hydrogen) atoms. The molecule has 2 aromatic rings. The molecule has 0 unspecified atom stereocenters. The lowest BCUT2D eigenvalue weighted by atomic mass is 9.66. The molecule has 1 saturated carbocycles. The van der Waals surface area contributed by atoms with Gasteiger partial charge in [-0.2, -0.15) is 5.10 Å². The van der Waals surface area contributed by atoms with Gasteiger partial charge in [0.1, 0.15) is 17.3 Å². The van der Waals surface area contributed by atoms with Crippen LogP contribution in [-0.4, -0.2) is 33.3 Å². The van der Waals surface area contributed by atoms with Crippen LogP contribution in [0.25, 0.3) is 0 Å². The van der Waals surface area contributed by atoms with E-state index in [1.807, 2.05) is 0 Å². The number of hydrogen-bond acceptors (Lipinski definition) is 6. The van der Waals surface area contributed by atoms with Crippen LogP contribution in [0.5, 0.6) is 0 Å². The van der Waals surface area contributed by atoms with Crippen LogP contribution >= 0.6 is 0 Å². The first-order valence-electron chi connectivity index (χ1n) is 8.21. The molecule has 4 rings (SSSR count). The molecule has 1 aliphatic heterocycles. The molecule has 0 saturated heterocycles. The van der Waals surface area contributed by atoms with Gasteiger partial charge in [-0.05, 0) is 37.1 Å². The molecule has 0 atom stereocenters. The van der Waals surface area contributed by atoms with Crippen molar-refractivity contribution in [2.45, 2.75) is 31.1 Å². The molecule has 8 heteroatoms. The minimum Gasteiger partial charge on any atom is -0.368 e. The standard InChI is InChI=1S/C17H17FN6O/c18-11-3-1-8-19-16(11)17(6-2-7-17)10-20-14-5-4-12(21-23-14)13-9-15(25)24-22-13/h1,3-5,8H,2,6-7,9-10H2,(H,20,23)(H,24,25). The first-order valence-corrected chi connectivity index (χ1v) is 8.21. The number of amides is 1. The summed E-state index contributed by atoms with van der Waals surface area (Å²) in [6, 6.07) is 6.61. The summed E-state index contributed by atoms with van der Waals surface area (Å²) >= 11 is 0. The minimum atomic E-state index is -0.294. The van der Waals surface area contributed by atoms with Crippen molar-refractivity contribution in [1.29, 1.82) is 0 Å². The average Bonchev–Trinajstić information content (AvgIpc) is 3.02. The number of nitrogens with one attached hydrogen (secondary N) is 2. The van der Waals surface area contributed by atoms with Crippen LogP contribution in [0.4, 0.5) is 10.2 Å². The monoisotopic (exact) mass is 340 g/mol. The second-order valence-electron chi connectivity index (χ2n) is 6.40. The zero-order chi connectivity index (χ0) is 17.3. The number of carbonyl (C=O) groups excluding carboxylic acids is 1. The van der Waals surface area contributed by atoms with Crippen molar-refractivity contribution in [1.82, 2.24) is 20.6 Å². The number of pyridine rings is 1. The third-order valence-electron chi connectivity index (χ3n) is 4.78. The van der Waals surface area contributed by atoms with Crippen molar-refractivity contribution >= 4 is 17.4 Å². The van der Waals surface area contributed by atoms with Gasteiger partial charge in [0.15, 0.2) is 0 Å². The molecule has 2 N–H and O–H groups in total. The minimum absolute atomic E-state index is 0.150. The van der Waals surface area contributed by atoms with E-state index in [-0.39, 0.29) is 23.6 Å². The summed E-state index contributed by atoms with van der Waals surface area (Å²) in [5.41, 5.74) is 3.76. The Balaban J connectivity index is 1.46. The Hall–Kier alpha value is -2.90. The van der Waals surface area contributed by atoms with Crippen molar-refractivity contribution in [3.05, 3.63) is 47.7 Å². The first-order chi connectivity index (χ1) is 12.2. The topological polar surface area (TPSA) is 92.2 Å². The van der Waals surface area contributed by atoms with E-state index < -0.39 is 0 Å². The third-order valence-corrected chi connectivity index (χ3v) is 4.78. The Morgan fingerprint density at radius 1 is 1.24 bits per heavy atom. The highest BCUT2D eigenvalue weighted by Crippen LogP contribution is 2.43. The lowest BCUT2D eigenvalue weighted by Crippen LogP contribution is -2.42. The van der Waals surface area contributed by atoms with Gasteiger partial charge in [-0.1, -0.05) is 6.42 Å². The van der Waals surface area contributed by atoms with Gasteiger partial charge in [0.2, 0.25) is 5.91 Å². The van der Waals surface area contributed by atoms with E-state index in [1.165, 1.54) is 6.07 Å². The van der Waals surface area contributed by atoms with Crippen LogP contribution in [0.1, 0.15) is 37.1 Å². The summed E-state index contributed by atoms with van der Waals surface area (Å²) in [4.78, 5) is 15.4. The van der Waals surface area contributed by atoms with Crippen LogP contribution in [0.3, 0.4) is 0 Å². The van der Waals surface area contributed by atoms with Gasteiger partial charge in [0, 0.05) is 18.2 Å². The number of rotatable bonds is 5. The Morgan fingerprint density at radius 3 is 2.72 bits per heavy atom. The normalized spacial score (nSPS) is 18.3. The summed E-state index contributed by atoms with van der Waals surface area (Å²) in [6.07, 6.45) is 4.69. The van der Waals surface area contributed by atoms with E-state index in [0.29, 0.717) is 29.5 Å². The Morgan fingerprint density at radius 2 is 2.12 bits per heavy atom. The lowest BCUT2D eigenvalue weighted by molar-refractivity contribution is -0.119. The van der Waals surface area contributed by atoms with E-state index in [1.54, 1.807) is 24.4 Å². The van der Waals surface area contributed by atoms with E-state index in [9.17, 15) is 9.18 Å². The largest absolute Gasteiger partial charge is 0.368 e. The van der Waals surface area contributed by atoms with Gasteiger partial charge in [-0.3, -0.25) is 9.78 Å². The molecule has 0 radical (unpaired) electrons. The van der Waals surface area contributed by atoms with Crippen molar-refractivity contribution in [2.24, 2.45) is 5.10 Å². The Kier molecular flexibility index (Phi) is 3.87. The highest BCUT2D eigenvalue weighted by Gasteiger charge is 2.41. The lowest BCUT2D eigenvalue weighted by Gasteiger charge is -2.41. The van der Waals surface area contributed by atoms with E-state index in [0.717, 1.165) is 19.3 Å². The molecule has 0 bridgehead atoms. The van der Waals surface area contributed by atoms with Crippen LogP contribution in [0.15, 0.2) is 35.6 Å². The zero-order valence-corrected chi connectivity index (χ0v) is 13.5. The predicted molar refractivity (Wildman–Crippen MR) is 89.5 cm³/mol. The second kappa shape index (κ2) is 6.19. The third kappa shape index (κ3) is 2.95. The SMILES string of the molecule is O=C1CC(c2ccc(NCC3(c4ncccc4F)CCC3)nn2)=NN1. The van der Waals surface area contributed by atoms with Crippen molar-refractivity contribution in [3.8, 4) is 0 Å². The van der Waals surface area contributed by atoms with Gasteiger partial charge in [-0.15, -0.1) is 10.2 Å². The molecule has 1 aliphatic carbocycles. The molecule has 0 aromatic carbocycles. The summed E-state index contributed by atoms with van der Waals surface area (Å²) in [6.45, 7) is 0.552. The smallest absolute Gasteiger partial charge is 0.246 e. The molecule has 128 valence electrons. The first kappa shape index (κ1) is 15.6. The number of hydrazone groups is 1. The number of halogens is 1. The molecule has 1 fully saturated rings. The van der Waals surface area contributed by atoms with Crippen LogP contribution < -0.4 is 10.7 Å². The molecular formula is C17H17FN6O. The van der Waals surface area contributed by atoms with Gasteiger partial charge >= 0.3 is 0 Å². The van der Waals surface area contributed by atoms with Crippen LogP contribution in [0, 0.1) is 5.82 Å². The highest BCUT2D eigenvalue weighted by atomic mass is 19.1. The van der Waals surface area contributed by atoms with Crippen LogP contribution in [0.2, 0.25) is 0 Å². The fourth-order valence-electron chi connectivity index (χ4n) is 3.23. The molecule has 3 heterocycles. The fourth-order valence-corrected chi connectivity index (χ4v) is 3.23. The predicted octanol–water partition coefficient (Wildman–Crippen LogP) is 1.77. The Bertz CT molecular complexity index is 831. The van der Waals surface area contributed by atoms with E-state index in [2.05, 4.69) is 31.0 Å². The Labute approximate surface area is 143 Å². The maximum Gasteiger partial charge on any atom is 0.246 e. The van der Waals surface area contributed by atoms with Crippen molar-refractivity contribution < 1.29 is 9.18 Å². The quantitative estimate of drug-likeness (QED) is 0.865. The molecule has 2 aromatic heterocycles. The fraction of sp³-hybridized carbons (Fsp3) is 0.353. The van der Waals surface area contributed by atoms with Crippen molar-refractivity contribution in [3.63, 3.8) is 0 Å². The molecule has 2 aliphatic rings. The van der Waals surface area contributed by atoms with E-state index >= 15 is 0 Å². The average molecular weight is 340 g/mol. The van der Waals surface area contributed by atoms with E-state index in [4.69, 9.17) is 0 Å². The molecule has 1 amide bonds. The summed E-state index contributed by atoms with van der Waals surface area (Å²) in [5.74, 6) is 0.189. The maximum absolute atomic E-state index is 14.1. The molecule has 0 spiro atoms. The zero-order valence-electron chi connectivity index (χ0n) is 13.5. The maximum atomic E-state index is 14.1. The molecular weight excluding hydrogens is 323 g/mol. The number of carbonyl (C=O) groups is 1. The second-order valence-corrected chi connectivity index (χ2v) is 6.40. The number of hydrogen-bond donors (Lipinski definition) is 2. The van der Waals surface area contributed by atoms with Crippen molar-refractivity contribution in [2.75, 3.05) is 11.9 Å². The van der Waals surface area contributed by atoms with Gasteiger partial charge < -0.3 is 5.32 Å². The van der Waals surface area contributed by atoms with Gasteiger partial charge in [0.05, 0.1) is 17.8 Å². The summed E-state index contributed by atoms with van der Waals surface area (Å²) in [7, 11) is 0. The highest BCUT2D eigenvalue weighted by molar-refractivity contribution is 6.12. The number of aromatic nitrogens is 3. The van der Waals surface area contributed by atoms with Gasteiger partial charge in [0.25, 0.3) is 0 Å². The number of anilines is 1. The van der Waals surface area contributed by atoms with Crippen LogP contribution in [-0.2, 0) is 10.2 Å². The summed E-state index contributed by atoms with van der Waals surface area (Å²) < 4.78 is 14.1. The summed E-state index contributed by atoms with van der Waals surface area (Å²) in [5, 5.41) is 15.4. The molecule has 7 nitrogen and oxygen atoms in total. The number of nitrogens with zero attached hydrogens (tertiary/aromatic N) is 4.